The minimum Gasteiger partial charge on any atom is -0.492 e. The molecule has 1 heterocycles. The van der Waals surface area contributed by atoms with E-state index in [0.717, 1.165) is 0 Å². The fourth-order valence-corrected chi connectivity index (χ4v) is 2.40. The molecule has 3 aromatic rings. The van der Waals surface area contributed by atoms with Crippen LogP contribution >= 0.6 is 11.6 Å². The van der Waals surface area contributed by atoms with Crippen LogP contribution in [-0.4, -0.2) is 29.2 Å². The zero-order valence-electron chi connectivity index (χ0n) is 14.3. The summed E-state index contributed by atoms with van der Waals surface area (Å²) in [6.45, 7) is 0.731. The molecule has 0 fully saturated rings. The molecule has 8 heteroatoms. The average Bonchev–Trinajstić information content (AvgIpc) is 3.14. The molecule has 0 aliphatic rings. The Hall–Kier alpha value is -2.93. The van der Waals surface area contributed by atoms with Crippen LogP contribution in [-0.2, 0) is 11.2 Å². The summed E-state index contributed by atoms with van der Waals surface area (Å²) in [6.07, 6.45) is 0.532. The number of aromatic nitrogens is 2. The van der Waals surface area contributed by atoms with Gasteiger partial charge in [-0.3, -0.25) is 4.79 Å². The van der Waals surface area contributed by atoms with Crippen molar-refractivity contribution in [3.8, 4) is 17.1 Å². The molecule has 0 radical (unpaired) electrons. The summed E-state index contributed by atoms with van der Waals surface area (Å²) in [7, 11) is 0. The standard InChI is InChI=1S/C19H17ClFN3O3/c20-14-3-7-16(8-4-14)26-12-11-22-17(25)9-10-18-23-19(24-27-18)13-1-5-15(21)6-2-13/h1-8H,9-12H2,(H,22,25). The molecule has 0 atom stereocenters. The van der Waals surface area contributed by atoms with Gasteiger partial charge in [-0.25, -0.2) is 4.39 Å². The minimum absolute atomic E-state index is 0.142. The van der Waals surface area contributed by atoms with Gasteiger partial charge in [-0.15, -0.1) is 0 Å². The summed E-state index contributed by atoms with van der Waals surface area (Å²) in [5.41, 5.74) is 0.648. The van der Waals surface area contributed by atoms with Gasteiger partial charge in [-0.2, -0.15) is 4.98 Å². The highest BCUT2D eigenvalue weighted by Crippen LogP contribution is 2.17. The number of carbonyl (C=O) groups is 1. The molecule has 1 aromatic heterocycles. The van der Waals surface area contributed by atoms with Crippen molar-refractivity contribution in [2.75, 3.05) is 13.2 Å². The molecule has 0 spiro atoms. The van der Waals surface area contributed by atoms with Crippen molar-refractivity contribution in [3.05, 3.63) is 65.3 Å². The molecule has 0 aliphatic carbocycles. The lowest BCUT2D eigenvalue weighted by atomic mass is 10.2. The van der Waals surface area contributed by atoms with E-state index in [9.17, 15) is 9.18 Å². The molecule has 1 amide bonds. The summed E-state index contributed by atoms with van der Waals surface area (Å²) in [6, 6.07) is 12.8. The Morgan fingerprint density at radius 2 is 1.89 bits per heavy atom. The summed E-state index contributed by atoms with van der Waals surface area (Å²) in [4.78, 5) is 16.1. The molecule has 3 rings (SSSR count). The van der Waals surface area contributed by atoms with Gasteiger partial charge in [0.1, 0.15) is 18.2 Å². The van der Waals surface area contributed by atoms with Crippen molar-refractivity contribution < 1.29 is 18.4 Å². The van der Waals surface area contributed by atoms with Crippen LogP contribution in [0.2, 0.25) is 5.02 Å². The Labute approximate surface area is 160 Å². The summed E-state index contributed by atoms with van der Waals surface area (Å²) in [5, 5.41) is 7.24. The van der Waals surface area contributed by atoms with Gasteiger partial charge in [0.15, 0.2) is 0 Å². The third kappa shape index (κ3) is 5.79. The number of hydrogen-bond acceptors (Lipinski definition) is 5. The van der Waals surface area contributed by atoms with Gasteiger partial charge >= 0.3 is 0 Å². The summed E-state index contributed by atoms with van der Waals surface area (Å²) >= 11 is 5.80. The second kappa shape index (κ2) is 9.14. The Bertz CT molecular complexity index is 882. The highest BCUT2D eigenvalue weighted by molar-refractivity contribution is 6.30. The Morgan fingerprint density at radius 1 is 1.15 bits per heavy atom. The average molecular weight is 390 g/mol. The van der Waals surface area contributed by atoms with Gasteiger partial charge in [0.05, 0.1) is 6.54 Å². The number of rotatable bonds is 8. The lowest BCUT2D eigenvalue weighted by molar-refractivity contribution is -0.121. The number of hydrogen-bond donors (Lipinski definition) is 1. The monoisotopic (exact) mass is 389 g/mol. The van der Waals surface area contributed by atoms with Crippen LogP contribution in [0.5, 0.6) is 5.75 Å². The second-order valence-electron chi connectivity index (χ2n) is 5.67. The molecular weight excluding hydrogens is 373 g/mol. The van der Waals surface area contributed by atoms with Gasteiger partial charge in [0.2, 0.25) is 17.6 Å². The van der Waals surface area contributed by atoms with Crippen molar-refractivity contribution in [1.29, 1.82) is 0 Å². The summed E-state index contributed by atoms with van der Waals surface area (Å²) in [5.74, 6) is 0.923. The fourth-order valence-electron chi connectivity index (χ4n) is 2.27. The molecule has 0 saturated heterocycles. The largest absolute Gasteiger partial charge is 0.492 e. The molecule has 6 nitrogen and oxygen atoms in total. The number of carbonyl (C=O) groups excluding carboxylic acids is 1. The number of amides is 1. The molecule has 2 aromatic carbocycles. The van der Waals surface area contributed by atoms with Crippen LogP contribution in [0.4, 0.5) is 4.39 Å². The van der Waals surface area contributed by atoms with Gasteiger partial charge in [-0.05, 0) is 48.5 Å². The van der Waals surface area contributed by atoms with Gasteiger partial charge in [-0.1, -0.05) is 16.8 Å². The van der Waals surface area contributed by atoms with E-state index in [1.54, 1.807) is 36.4 Å². The van der Waals surface area contributed by atoms with E-state index in [1.165, 1.54) is 12.1 Å². The molecule has 27 heavy (non-hydrogen) atoms. The maximum absolute atomic E-state index is 12.9. The van der Waals surface area contributed by atoms with Crippen LogP contribution in [0.15, 0.2) is 53.1 Å². The lowest BCUT2D eigenvalue weighted by Crippen LogP contribution is -2.28. The van der Waals surface area contributed by atoms with Gasteiger partial charge in [0, 0.05) is 23.4 Å². The lowest BCUT2D eigenvalue weighted by Gasteiger charge is -2.07. The van der Waals surface area contributed by atoms with E-state index >= 15 is 0 Å². The van der Waals surface area contributed by atoms with E-state index in [0.29, 0.717) is 47.6 Å². The van der Waals surface area contributed by atoms with Crippen LogP contribution in [0.25, 0.3) is 11.4 Å². The van der Waals surface area contributed by atoms with E-state index < -0.39 is 0 Å². The second-order valence-corrected chi connectivity index (χ2v) is 6.11. The minimum atomic E-state index is -0.334. The molecule has 0 bridgehead atoms. The number of nitrogens with one attached hydrogen (secondary N) is 1. The van der Waals surface area contributed by atoms with Crippen molar-refractivity contribution in [2.24, 2.45) is 0 Å². The highest BCUT2D eigenvalue weighted by Gasteiger charge is 2.10. The van der Waals surface area contributed by atoms with Crippen LogP contribution in [0.3, 0.4) is 0 Å². The predicted molar refractivity (Wildman–Crippen MR) is 98.0 cm³/mol. The topological polar surface area (TPSA) is 77.2 Å². The first-order chi connectivity index (χ1) is 13.1. The van der Waals surface area contributed by atoms with Crippen molar-refractivity contribution in [1.82, 2.24) is 15.5 Å². The molecule has 0 saturated carbocycles. The predicted octanol–water partition coefficient (Wildman–Crippen LogP) is 3.66. The maximum Gasteiger partial charge on any atom is 0.227 e. The molecular formula is C19H17ClFN3O3. The van der Waals surface area contributed by atoms with Crippen molar-refractivity contribution in [2.45, 2.75) is 12.8 Å². The molecule has 1 N–H and O–H groups in total. The maximum atomic E-state index is 12.9. The summed E-state index contributed by atoms with van der Waals surface area (Å²) < 4.78 is 23.6. The Morgan fingerprint density at radius 3 is 2.63 bits per heavy atom. The Balaban J connectivity index is 1.38. The van der Waals surface area contributed by atoms with E-state index in [1.807, 2.05) is 0 Å². The molecule has 0 unspecified atom stereocenters. The first kappa shape index (κ1) is 18.8. The zero-order valence-corrected chi connectivity index (χ0v) is 15.1. The number of ether oxygens (including phenoxy) is 1. The third-order valence-corrected chi connectivity index (χ3v) is 3.90. The zero-order chi connectivity index (χ0) is 19.1. The van der Waals surface area contributed by atoms with Gasteiger partial charge in [0.25, 0.3) is 0 Å². The SMILES string of the molecule is O=C(CCc1nc(-c2ccc(F)cc2)no1)NCCOc1ccc(Cl)cc1. The number of aryl methyl sites for hydroxylation is 1. The Kier molecular flexibility index (Phi) is 6.38. The van der Waals surface area contributed by atoms with Crippen LogP contribution in [0, 0.1) is 5.82 Å². The van der Waals surface area contributed by atoms with Gasteiger partial charge < -0.3 is 14.6 Å². The first-order valence-electron chi connectivity index (χ1n) is 8.34. The fraction of sp³-hybridized carbons (Fsp3) is 0.211. The van der Waals surface area contributed by atoms with E-state index in [4.69, 9.17) is 20.9 Å². The highest BCUT2D eigenvalue weighted by atomic mass is 35.5. The third-order valence-electron chi connectivity index (χ3n) is 3.64. The van der Waals surface area contributed by atoms with Crippen molar-refractivity contribution >= 4 is 17.5 Å². The van der Waals surface area contributed by atoms with Crippen LogP contribution in [0.1, 0.15) is 12.3 Å². The van der Waals surface area contributed by atoms with Crippen LogP contribution < -0.4 is 10.1 Å². The normalized spacial score (nSPS) is 10.6. The number of nitrogens with zero attached hydrogens (tertiary/aromatic N) is 2. The van der Waals surface area contributed by atoms with Crippen molar-refractivity contribution in [3.63, 3.8) is 0 Å². The van der Waals surface area contributed by atoms with E-state index in [-0.39, 0.29) is 18.1 Å². The smallest absolute Gasteiger partial charge is 0.227 e. The van der Waals surface area contributed by atoms with E-state index in [2.05, 4.69) is 15.5 Å². The molecule has 0 aliphatic heterocycles. The number of benzene rings is 2. The number of halogens is 2. The first-order valence-corrected chi connectivity index (χ1v) is 8.71. The molecule has 140 valence electrons. The quantitative estimate of drug-likeness (QED) is 0.595.